The van der Waals surface area contributed by atoms with Gasteiger partial charge < -0.3 is 19.4 Å². The van der Waals surface area contributed by atoms with Crippen LogP contribution in [0.3, 0.4) is 0 Å². The number of thioether (sulfide) groups is 1. The maximum Gasteiger partial charge on any atom is 0.277 e. The third-order valence-electron chi connectivity index (χ3n) is 5.20. The first-order chi connectivity index (χ1) is 16.1. The van der Waals surface area contributed by atoms with Crippen LogP contribution in [0.25, 0.3) is 0 Å². The number of halogens is 1. The van der Waals surface area contributed by atoms with Gasteiger partial charge >= 0.3 is 0 Å². The molecule has 3 aromatic rings. The van der Waals surface area contributed by atoms with E-state index in [-0.39, 0.29) is 30.1 Å². The number of hydrogen-bond acceptors (Lipinski definition) is 7. The Hall–Kier alpha value is -3.04. The fraction of sp³-hybridized carbons (Fsp3) is 0.304. The summed E-state index contributed by atoms with van der Waals surface area (Å²) < 4.78 is 11.1. The van der Waals surface area contributed by atoms with E-state index in [2.05, 4.69) is 15.5 Å². The van der Waals surface area contributed by atoms with Gasteiger partial charge in [-0.15, -0.1) is 10.2 Å². The summed E-state index contributed by atoms with van der Waals surface area (Å²) in [5.74, 6) is 1.05. The topological polar surface area (TPSA) is 97.6 Å². The molecular formula is C23H23ClN4O4S. The van der Waals surface area contributed by atoms with Crippen molar-refractivity contribution in [2.24, 2.45) is 5.92 Å². The van der Waals surface area contributed by atoms with Crippen LogP contribution in [0, 0.1) is 5.92 Å². The number of hydrogen-bond donors (Lipinski definition) is 1. The van der Waals surface area contributed by atoms with E-state index in [4.69, 9.17) is 20.8 Å². The molecule has 4 rings (SSSR count). The summed E-state index contributed by atoms with van der Waals surface area (Å²) >= 11 is 7.04. The molecule has 1 saturated heterocycles. The van der Waals surface area contributed by atoms with Crippen LogP contribution in [0.1, 0.15) is 18.7 Å². The third kappa shape index (κ3) is 6.72. The number of carbonyl (C=O) groups excluding carboxylic acids is 2. The first-order valence-electron chi connectivity index (χ1n) is 10.5. The van der Waals surface area contributed by atoms with Gasteiger partial charge in [0.25, 0.3) is 11.1 Å². The largest absolute Gasteiger partial charge is 0.484 e. The lowest BCUT2D eigenvalue weighted by atomic mass is 9.96. The van der Waals surface area contributed by atoms with Gasteiger partial charge in [-0.3, -0.25) is 9.59 Å². The van der Waals surface area contributed by atoms with Crippen LogP contribution in [-0.4, -0.2) is 45.8 Å². The fourth-order valence-corrected chi connectivity index (χ4v) is 4.21. The number of likely N-dealkylation sites (tertiary alicyclic amines) is 1. The zero-order valence-electron chi connectivity index (χ0n) is 17.8. The molecule has 1 fully saturated rings. The van der Waals surface area contributed by atoms with Crippen molar-refractivity contribution in [1.29, 1.82) is 0 Å². The van der Waals surface area contributed by atoms with Crippen LogP contribution in [0.5, 0.6) is 5.75 Å². The van der Waals surface area contributed by atoms with Crippen molar-refractivity contribution in [1.82, 2.24) is 15.1 Å². The molecule has 0 bridgehead atoms. The van der Waals surface area contributed by atoms with Gasteiger partial charge in [0, 0.05) is 29.7 Å². The second kappa shape index (κ2) is 11.2. The first kappa shape index (κ1) is 23.1. The van der Waals surface area contributed by atoms with Gasteiger partial charge in [0.2, 0.25) is 11.8 Å². The molecule has 0 radical (unpaired) electrons. The highest BCUT2D eigenvalue weighted by molar-refractivity contribution is 7.99. The molecule has 8 nitrogen and oxygen atoms in total. The molecule has 1 aliphatic rings. The Morgan fingerprint density at radius 1 is 1.09 bits per heavy atom. The van der Waals surface area contributed by atoms with Crippen molar-refractivity contribution in [3.05, 3.63) is 65.5 Å². The number of amides is 2. The number of aromatic nitrogens is 2. The van der Waals surface area contributed by atoms with E-state index in [1.807, 2.05) is 30.3 Å². The lowest BCUT2D eigenvalue weighted by molar-refractivity contribution is -0.132. The molecule has 172 valence electrons. The maximum atomic E-state index is 12.6. The molecule has 1 aliphatic heterocycles. The van der Waals surface area contributed by atoms with E-state index in [1.165, 1.54) is 11.8 Å². The van der Waals surface area contributed by atoms with Gasteiger partial charge in [-0.25, -0.2) is 0 Å². The lowest BCUT2D eigenvalue weighted by Crippen LogP contribution is -2.42. The highest BCUT2D eigenvalue weighted by Gasteiger charge is 2.27. The standard InChI is InChI=1S/C23H23ClN4O4S/c24-17-6-8-19(9-7-17)31-14-20-26-27-23(32-20)33-15-21(29)28-12-10-16(11-13-28)22(30)25-18-4-2-1-3-5-18/h1-9,16H,10-15H2,(H,25,30). The Labute approximate surface area is 200 Å². The van der Waals surface area contributed by atoms with Crippen molar-refractivity contribution >= 4 is 40.9 Å². The van der Waals surface area contributed by atoms with E-state index in [0.717, 1.165) is 5.69 Å². The summed E-state index contributed by atoms with van der Waals surface area (Å²) in [5.41, 5.74) is 0.787. The summed E-state index contributed by atoms with van der Waals surface area (Å²) in [6, 6.07) is 16.4. The quantitative estimate of drug-likeness (QED) is 0.475. The molecule has 0 unspecified atom stereocenters. The van der Waals surface area contributed by atoms with Gasteiger partial charge in [-0.05, 0) is 49.2 Å². The first-order valence-corrected chi connectivity index (χ1v) is 11.9. The van der Waals surface area contributed by atoms with Crippen LogP contribution in [0.2, 0.25) is 5.02 Å². The Morgan fingerprint density at radius 3 is 2.55 bits per heavy atom. The SMILES string of the molecule is O=C(Nc1ccccc1)C1CCN(C(=O)CSc2nnc(COc3ccc(Cl)cc3)o2)CC1. The van der Waals surface area contributed by atoms with E-state index < -0.39 is 0 Å². The van der Waals surface area contributed by atoms with Gasteiger partial charge in [-0.2, -0.15) is 0 Å². The second-order valence-electron chi connectivity index (χ2n) is 7.50. The van der Waals surface area contributed by atoms with Crippen LogP contribution in [0.4, 0.5) is 5.69 Å². The average Bonchev–Trinajstić information content (AvgIpc) is 3.31. The summed E-state index contributed by atoms with van der Waals surface area (Å²) in [6.45, 7) is 1.23. The molecule has 0 aliphatic carbocycles. The van der Waals surface area contributed by atoms with Crippen molar-refractivity contribution in [2.45, 2.75) is 24.7 Å². The normalized spacial score (nSPS) is 14.2. The van der Waals surface area contributed by atoms with Gasteiger partial charge in [-0.1, -0.05) is 41.6 Å². The lowest BCUT2D eigenvalue weighted by Gasteiger charge is -2.31. The number of carbonyl (C=O) groups is 2. The molecule has 1 N–H and O–H groups in total. The number of para-hydroxylation sites is 1. The van der Waals surface area contributed by atoms with E-state index in [9.17, 15) is 9.59 Å². The number of ether oxygens (including phenoxy) is 1. The minimum atomic E-state index is -0.0963. The van der Waals surface area contributed by atoms with Crippen molar-refractivity contribution in [2.75, 3.05) is 24.2 Å². The zero-order valence-corrected chi connectivity index (χ0v) is 19.3. The predicted molar refractivity (Wildman–Crippen MR) is 125 cm³/mol. The summed E-state index contributed by atoms with van der Waals surface area (Å²) in [7, 11) is 0. The Morgan fingerprint density at radius 2 is 1.82 bits per heavy atom. The molecule has 0 atom stereocenters. The van der Waals surface area contributed by atoms with Crippen LogP contribution < -0.4 is 10.1 Å². The van der Waals surface area contributed by atoms with Crippen molar-refractivity contribution < 1.29 is 18.7 Å². The molecule has 2 aromatic carbocycles. The van der Waals surface area contributed by atoms with Crippen LogP contribution in [-0.2, 0) is 16.2 Å². The number of rotatable bonds is 8. The Balaban J connectivity index is 1.17. The molecule has 33 heavy (non-hydrogen) atoms. The number of nitrogens with zero attached hydrogens (tertiary/aromatic N) is 3. The maximum absolute atomic E-state index is 12.6. The molecule has 2 amide bonds. The number of nitrogens with one attached hydrogen (secondary N) is 1. The summed E-state index contributed by atoms with van der Waals surface area (Å²) in [6.07, 6.45) is 1.28. The van der Waals surface area contributed by atoms with Gasteiger partial charge in [0.05, 0.1) is 5.75 Å². The Bertz CT molecular complexity index is 1070. The minimum Gasteiger partial charge on any atom is -0.484 e. The second-order valence-corrected chi connectivity index (χ2v) is 8.87. The average molecular weight is 487 g/mol. The van der Waals surface area contributed by atoms with Crippen LogP contribution >= 0.6 is 23.4 Å². The van der Waals surface area contributed by atoms with Crippen molar-refractivity contribution in [3.63, 3.8) is 0 Å². The number of benzene rings is 2. The number of anilines is 1. The van der Waals surface area contributed by atoms with E-state index in [0.29, 0.717) is 47.8 Å². The molecule has 1 aromatic heterocycles. The van der Waals surface area contributed by atoms with E-state index >= 15 is 0 Å². The highest BCUT2D eigenvalue weighted by atomic mass is 35.5. The minimum absolute atomic E-state index is 0.00174. The third-order valence-corrected chi connectivity index (χ3v) is 6.26. The summed E-state index contributed by atoms with van der Waals surface area (Å²) in [5, 5.41) is 11.8. The van der Waals surface area contributed by atoms with Crippen molar-refractivity contribution in [3.8, 4) is 5.75 Å². The van der Waals surface area contributed by atoms with Gasteiger partial charge in [0.1, 0.15) is 5.75 Å². The molecular weight excluding hydrogens is 464 g/mol. The Kier molecular flexibility index (Phi) is 7.85. The molecule has 10 heteroatoms. The summed E-state index contributed by atoms with van der Waals surface area (Å²) in [4.78, 5) is 26.8. The van der Waals surface area contributed by atoms with Crippen LogP contribution in [0.15, 0.2) is 64.2 Å². The smallest absolute Gasteiger partial charge is 0.277 e. The molecule has 0 saturated carbocycles. The molecule has 0 spiro atoms. The number of piperidine rings is 1. The highest BCUT2D eigenvalue weighted by Crippen LogP contribution is 2.23. The molecule has 2 heterocycles. The van der Waals surface area contributed by atoms with E-state index in [1.54, 1.807) is 29.2 Å². The van der Waals surface area contributed by atoms with Gasteiger partial charge in [0.15, 0.2) is 6.61 Å². The fourth-order valence-electron chi connectivity index (χ4n) is 3.40. The monoisotopic (exact) mass is 486 g/mol. The zero-order chi connectivity index (χ0) is 23.0. The predicted octanol–water partition coefficient (Wildman–Crippen LogP) is 4.27.